The second kappa shape index (κ2) is 15.3. The predicted octanol–water partition coefficient (Wildman–Crippen LogP) is 18.2. The quantitative estimate of drug-likeness (QED) is 0.161. The lowest BCUT2D eigenvalue weighted by Crippen LogP contribution is -2.25. The lowest BCUT2D eigenvalue weighted by molar-refractivity contribution is 0.660. The molecule has 2 nitrogen and oxygen atoms in total. The number of benzene rings is 11. The summed E-state index contributed by atoms with van der Waals surface area (Å²) in [5.74, 6) is 0. The van der Waals surface area contributed by atoms with Crippen LogP contribution >= 0.6 is 0 Å². The highest BCUT2D eigenvalue weighted by atomic mass is 15.1. The SMILES string of the molecule is CC1(C)c2ccccc2-c2ccc(N(c3ccccc3)c3cccc(-c4cccc(-c5ccc6c7ccccc7n(-c7ccc8c(c7)-c7ccccc7C87c8ccccc8-c8ccccc87)c6c5)c4)c3)cc21. The molecule has 12 aromatic rings. The van der Waals surface area contributed by atoms with Crippen LogP contribution in [0.1, 0.15) is 47.2 Å². The van der Waals surface area contributed by atoms with Crippen LogP contribution in [0.4, 0.5) is 17.1 Å². The van der Waals surface area contributed by atoms with Crippen molar-refractivity contribution in [3.63, 3.8) is 0 Å². The Labute approximate surface area is 420 Å². The first-order valence-corrected chi connectivity index (χ1v) is 25.2. The van der Waals surface area contributed by atoms with Crippen LogP contribution in [-0.4, -0.2) is 4.57 Å². The zero-order chi connectivity index (χ0) is 47.7. The van der Waals surface area contributed by atoms with E-state index in [4.69, 9.17) is 0 Å². The number of anilines is 3. The van der Waals surface area contributed by atoms with Gasteiger partial charge >= 0.3 is 0 Å². The molecule has 0 bridgehead atoms. The summed E-state index contributed by atoms with van der Waals surface area (Å²) in [5.41, 5.74) is 27.3. The highest BCUT2D eigenvalue weighted by Gasteiger charge is 2.51. The number of hydrogen-bond donors (Lipinski definition) is 0. The minimum absolute atomic E-state index is 0.100. The van der Waals surface area contributed by atoms with Gasteiger partial charge in [0.15, 0.2) is 0 Å². The molecule has 1 aromatic heterocycles. The third kappa shape index (κ3) is 5.66. The first-order valence-electron chi connectivity index (χ1n) is 25.2. The fourth-order valence-corrected chi connectivity index (χ4v) is 13.2. The number of fused-ring (bicyclic) bond motifs is 16. The number of rotatable bonds is 6. The van der Waals surface area contributed by atoms with Gasteiger partial charge in [-0.15, -0.1) is 0 Å². The van der Waals surface area contributed by atoms with Crippen molar-refractivity contribution >= 4 is 38.9 Å². The van der Waals surface area contributed by atoms with Gasteiger partial charge in [-0.25, -0.2) is 0 Å². The molecular weight excluding hydrogens is 869 g/mol. The van der Waals surface area contributed by atoms with Gasteiger partial charge in [-0.1, -0.05) is 202 Å². The molecule has 72 heavy (non-hydrogen) atoms. The van der Waals surface area contributed by atoms with Crippen molar-refractivity contribution in [2.45, 2.75) is 24.7 Å². The zero-order valence-corrected chi connectivity index (χ0v) is 40.1. The smallest absolute Gasteiger partial charge is 0.0725 e. The van der Waals surface area contributed by atoms with Crippen LogP contribution in [0.25, 0.3) is 83.1 Å². The summed E-state index contributed by atoms with van der Waals surface area (Å²) < 4.78 is 2.49. The Morgan fingerprint density at radius 2 is 0.792 bits per heavy atom. The number of hydrogen-bond acceptors (Lipinski definition) is 1. The van der Waals surface area contributed by atoms with E-state index in [1.807, 2.05) is 0 Å². The van der Waals surface area contributed by atoms with Crippen molar-refractivity contribution in [3.05, 3.63) is 288 Å². The second-order valence-electron chi connectivity index (χ2n) is 20.4. The second-order valence-corrected chi connectivity index (χ2v) is 20.4. The Kier molecular flexibility index (Phi) is 8.66. The third-order valence-electron chi connectivity index (χ3n) is 16.4. The van der Waals surface area contributed by atoms with E-state index in [9.17, 15) is 0 Å². The van der Waals surface area contributed by atoms with Gasteiger partial charge in [0.1, 0.15) is 0 Å². The summed E-state index contributed by atoms with van der Waals surface area (Å²) in [6.45, 7) is 4.71. The van der Waals surface area contributed by atoms with Crippen LogP contribution in [0.5, 0.6) is 0 Å². The van der Waals surface area contributed by atoms with E-state index in [1.165, 1.54) is 111 Å². The monoisotopic (exact) mass is 916 g/mol. The minimum Gasteiger partial charge on any atom is -0.310 e. The van der Waals surface area contributed by atoms with Crippen molar-refractivity contribution in [1.29, 1.82) is 0 Å². The molecule has 0 aliphatic heterocycles. The van der Waals surface area contributed by atoms with E-state index in [1.54, 1.807) is 0 Å². The van der Waals surface area contributed by atoms with Gasteiger partial charge in [-0.3, -0.25) is 0 Å². The average Bonchev–Trinajstić information content (AvgIpc) is 4.11. The first-order chi connectivity index (χ1) is 35.5. The molecule has 15 rings (SSSR count). The third-order valence-corrected chi connectivity index (χ3v) is 16.4. The van der Waals surface area contributed by atoms with Crippen LogP contribution < -0.4 is 4.90 Å². The molecule has 0 saturated carbocycles. The maximum absolute atomic E-state index is 2.49. The van der Waals surface area contributed by atoms with Gasteiger partial charge in [0.2, 0.25) is 0 Å². The summed E-state index contributed by atoms with van der Waals surface area (Å²) in [6, 6.07) is 95.1. The van der Waals surface area contributed by atoms with Crippen molar-refractivity contribution < 1.29 is 0 Å². The lowest BCUT2D eigenvalue weighted by atomic mass is 9.70. The summed E-state index contributed by atoms with van der Waals surface area (Å²) in [4.78, 5) is 2.41. The Morgan fingerprint density at radius 3 is 1.50 bits per heavy atom. The molecule has 0 saturated heterocycles. The topological polar surface area (TPSA) is 8.17 Å². The molecule has 2 heteroatoms. The number of para-hydroxylation sites is 2. The van der Waals surface area contributed by atoms with E-state index in [2.05, 4.69) is 278 Å². The lowest BCUT2D eigenvalue weighted by Gasteiger charge is -2.30. The summed E-state index contributed by atoms with van der Waals surface area (Å²) >= 11 is 0. The van der Waals surface area contributed by atoms with E-state index in [0.717, 1.165) is 22.7 Å². The number of nitrogens with zero attached hydrogens (tertiary/aromatic N) is 2. The van der Waals surface area contributed by atoms with Crippen molar-refractivity contribution in [1.82, 2.24) is 4.57 Å². The first kappa shape index (κ1) is 40.9. The van der Waals surface area contributed by atoms with Gasteiger partial charge in [0.05, 0.1) is 16.4 Å². The summed E-state index contributed by atoms with van der Waals surface area (Å²) in [5, 5.41) is 2.49. The van der Waals surface area contributed by atoms with Gasteiger partial charge < -0.3 is 9.47 Å². The molecule has 3 aliphatic carbocycles. The van der Waals surface area contributed by atoms with Gasteiger partial charge in [0, 0.05) is 38.9 Å². The van der Waals surface area contributed by atoms with E-state index < -0.39 is 0 Å². The summed E-state index contributed by atoms with van der Waals surface area (Å²) in [7, 11) is 0. The Balaban J connectivity index is 0.838. The Hall–Kier alpha value is -8.98. The predicted molar refractivity (Wildman–Crippen MR) is 300 cm³/mol. The van der Waals surface area contributed by atoms with E-state index in [0.29, 0.717) is 0 Å². The molecule has 0 atom stereocenters. The normalized spacial score (nSPS) is 13.9. The minimum atomic E-state index is -0.373. The zero-order valence-electron chi connectivity index (χ0n) is 40.1. The van der Waals surface area contributed by atoms with Crippen LogP contribution in [0.15, 0.2) is 255 Å². The fraction of sp³-hybridized carbons (Fsp3) is 0.0571. The van der Waals surface area contributed by atoms with Crippen molar-refractivity contribution in [3.8, 4) is 61.3 Å². The molecule has 0 fully saturated rings. The van der Waals surface area contributed by atoms with Crippen LogP contribution in [0.2, 0.25) is 0 Å². The highest BCUT2D eigenvalue weighted by molar-refractivity contribution is 6.10. The van der Waals surface area contributed by atoms with Crippen LogP contribution in [0, 0.1) is 0 Å². The Morgan fingerprint density at radius 1 is 0.292 bits per heavy atom. The Bertz CT molecular complexity index is 4160. The molecular formula is C70H48N2. The maximum atomic E-state index is 2.49. The average molecular weight is 917 g/mol. The highest BCUT2D eigenvalue weighted by Crippen LogP contribution is 2.63. The van der Waals surface area contributed by atoms with Crippen LogP contribution in [-0.2, 0) is 10.8 Å². The van der Waals surface area contributed by atoms with Gasteiger partial charge in [-0.2, -0.15) is 0 Å². The van der Waals surface area contributed by atoms with Crippen molar-refractivity contribution in [2.24, 2.45) is 0 Å². The van der Waals surface area contributed by atoms with Crippen LogP contribution in [0.3, 0.4) is 0 Å². The molecule has 3 aliphatic rings. The standard InChI is InChI=1S/C70H48N2/c1-69(2)61-29-11-6-24-53(61)57-38-35-52(44-66(57)69)71(49-21-4-3-5-22-49)50-23-17-20-47(41-50)45-18-16-19-46(40-45)48-34-37-59-58-28-10-15-33-67(58)72(68(59)42-48)51-36-39-65-60(43-51)56-27-9-14-32-64(56)70(65)62-30-12-7-25-54(62)55-26-8-13-31-63(55)70/h3-44H,1-2H3. The molecule has 0 amide bonds. The summed E-state index contributed by atoms with van der Waals surface area (Å²) in [6.07, 6.45) is 0. The molecule has 338 valence electrons. The fourth-order valence-electron chi connectivity index (χ4n) is 13.2. The van der Waals surface area contributed by atoms with E-state index in [-0.39, 0.29) is 10.8 Å². The van der Waals surface area contributed by atoms with E-state index >= 15 is 0 Å². The van der Waals surface area contributed by atoms with Gasteiger partial charge in [0.25, 0.3) is 0 Å². The molecule has 0 unspecified atom stereocenters. The molecule has 11 aromatic carbocycles. The molecule has 0 radical (unpaired) electrons. The molecule has 1 heterocycles. The largest absolute Gasteiger partial charge is 0.310 e. The number of aromatic nitrogens is 1. The van der Waals surface area contributed by atoms with Crippen molar-refractivity contribution in [2.75, 3.05) is 4.90 Å². The van der Waals surface area contributed by atoms with Gasteiger partial charge in [-0.05, 0) is 156 Å². The molecule has 1 spiro atoms. The molecule has 0 N–H and O–H groups in total. The maximum Gasteiger partial charge on any atom is 0.0725 e.